The van der Waals surface area contributed by atoms with Crippen molar-refractivity contribution in [1.82, 2.24) is 4.98 Å². The van der Waals surface area contributed by atoms with Crippen LogP contribution in [-0.2, 0) is 4.79 Å². The number of rotatable bonds is 4. The van der Waals surface area contributed by atoms with Gasteiger partial charge in [-0.3, -0.25) is 0 Å². The topological polar surface area (TPSA) is 53.1 Å². The molecule has 0 fully saturated rings. The van der Waals surface area contributed by atoms with Gasteiger partial charge in [-0.05, 0) is 23.3 Å². The first-order valence-corrected chi connectivity index (χ1v) is 6.99. The molecule has 3 heteroatoms. The molecule has 0 saturated carbocycles. The normalized spacial score (nSPS) is 10.9. The Morgan fingerprint density at radius 1 is 0.909 bits per heavy atom. The maximum Gasteiger partial charge on any atom is 0.328 e. The first-order chi connectivity index (χ1) is 10.7. The van der Waals surface area contributed by atoms with Crippen LogP contribution in [0, 0.1) is 0 Å². The van der Waals surface area contributed by atoms with Crippen molar-refractivity contribution >= 4 is 12.0 Å². The number of aliphatic carboxylic acids is 1. The Labute approximate surface area is 128 Å². The van der Waals surface area contributed by atoms with Crippen molar-refractivity contribution in [3.05, 3.63) is 78.4 Å². The van der Waals surface area contributed by atoms with Gasteiger partial charge in [-0.2, -0.15) is 0 Å². The molecule has 0 saturated heterocycles. The summed E-state index contributed by atoms with van der Waals surface area (Å²) in [4.78, 5) is 14.2. The zero-order chi connectivity index (χ0) is 15.4. The molecule has 1 aromatic heterocycles. The van der Waals surface area contributed by atoms with Gasteiger partial charge in [0.15, 0.2) is 0 Å². The average molecular weight is 289 g/mol. The van der Waals surface area contributed by atoms with Crippen LogP contribution in [-0.4, -0.2) is 16.1 Å². The zero-order valence-corrected chi connectivity index (χ0v) is 11.9. The largest absolute Gasteiger partial charge is 0.478 e. The molecule has 0 spiro atoms. The van der Waals surface area contributed by atoms with E-state index in [1.54, 1.807) is 6.08 Å². The summed E-state index contributed by atoms with van der Waals surface area (Å²) in [5.41, 5.74) is 4.82. The first kappa shape index (κ1) is 13.9. The van der Waals surface area contributed by atoms with E-state index in [2.05, 4.69) is 4.98 Å². The minimum atomic E-state index is -0.957. The van der Waals surface area contributed by atoms with Crippen molar-refractivity contribution in [2.24, 2.45) is 0 Å². The highest BCUT2D eigenvalue weighted by atomic mass is 16.4. The number of carboxylic acid groups (broad SMARTS) is 1. The van der Waals surface area contributed by atoms with E-state index in [0.717, 1.165) is 34.2 Å². The molecule has 3 rings (SSSR count). The van der Waals surface area contributed by atoms with Gasteiger partial charge < -0.3 is 10.1 Å². The lowest BCUT2D eigenvalue weighted by atomic mass is 10.1. The van der Waals surface area contributed by atoms with Gasteiger partial charge in [0.05, 0.1) is 5.69 Å². The zero-order valence-electron chi connectivity index (χ0n) is 11.9. The molecule has 3 aromatic rings. The van der Waals surface area contributed by atoms with Crippen molar-refractivity contribution in [3.8, 4) is 22.5 Å². The van der Waals surface area contributed by atoms with Crippen molar-refractivity contribution in [3.63, 3.8) is 0 Å². The Morgan fingerprint density at radius 3 is 2.09 bits per heavy atom. The molecule has 2 aromatic carbocycles. The van der Waals surface area contributed by atoms with Gasteiger partial charge in [0, 0.05) is 17.3 Å². The number of H-pyrrole nitrogens is 1. The number of hydrogen-bond acceptors (Lipinski definition) is 1. The monoisotopic (exact) mass is 289 g/mol. The SMILES string of the molecule is O=C(O)/C=C/c1cc(-c2ccccc2)[nH]c1-c1ccccc1. The number of aromatic nitrogens is 1. The second-order valence-corrected chi connectivity index (χ2v) is 4.92. The Morgan fingerprint density at radius 2 is 1.50 bits per heavy atom. The Bertz CT molecular complexity index is 802. The number of hydrogen-bond donors (Lipinski definition) is 2. The van der Waals surface area contributed by atoms with Gasteiger partial charge in [0.25, 0.3) is 0 Å². The number of carbonyl (C=O) groups is 1. The standard InChI is InChI=1S/C19H15NO2/c21-18(22)12-11-16-13-17(14-7-3-1-4-8-14)20-19(16)15-9-5-2-6-10-15/h1-13,20H,(H,21,22)/b12-11+. The third kappa shape index (κ3) is 2.99. The van der Waals surface area contributed by atoms with E-state index in [1.807, 2.05) is 66.7 Å². The van der Waals surface area contributed by atoms with Crippen molar-refractivity contribution < 1.29 is 9.90 Å². The predicted octanol–water partition coefficient (Wildman–Crippen LogP) is 4.45. The lowest BCUT2D eigenvalue weighted by Crippen LogP contribution is -1.86. The van der Waals surface area contributed by atoms with E-state index in [9.17, 15) is 4.79 Å². The van der Waals surface area contributed by atoms with E-state index in [-0.39, 0.29) is 0 Å². The Hall–Kier alpha value is -3.07. The van der Waals surface area contributed by atoms with Crippen LogP contribution in [0.15, 0.2) is 72.8 Å². The summed E-state index contributed by atoms with van der Waals surface area (Å²) in [7, 11) is 0. The highest BCUT2D eigenvalue weighted by molar-refractivity contribution is 5.88. The summed E-state index contributed by atoms with van der Waals surface area (Å²) in [6.45, 7) is 0. The van der Waals surface area contributed by atoms with Crippen LogP contribution in [0.4, 0.5) is 0 Å². The highest BCUT2D eigenvalue weighted by Crippen LogP contribution is 2.29. The maximum atomic E-state index is 10.8. The molecule has 0 aliphatic rings. The van der Waals surface area contributed by atoms with Crippen molar-refractivity contribution in [2.75, 3.05) is 0 Å². The van der Waals surface area contributed by atoms with Crippen LogP contribution in [0.25, 0.3) is 28.6 Å². The number of carboxylic acids is 1. The van der Waals surface area contributed by atoms with Crippen molar-refractivity contribution in [1.29, 1.82) is 0 Å². The molecule has 0 amide bonds. The summed E-state index contributed by atoms with van der Waals surface area (Å²) >= 11 is 0. The van der Waals surface area contributed by atoms with Crippen LogP contribution in [0.5, 0.6) is 0 Å². The molecule has 0 bridgehead atoms. The summed E-state index contributed by atoms with van der Waals surface area (Å²) in [6, 6.07) is 21.8. The molecule has 22 heavy (non-hydrogen) atoms. The third-order valence-corrected chi connectivity index (χ3v) is 3.40. The summed E-state index contributed by atoms with van der Waals surface area (Å²) < 4.78 is 0. The molecular weight excluding hydrogens is 274 g/mol. The maximum absolute atomic E-state index is 10.8. The molecule has 2 N–H and O–H groups in total. The van der Waals surface area contributed by atoms with Crippen LogP contribution in [0.1, 0.15) is 5.56 Å². The lowest BCUT2D eigenvalue weighted by Gasteiger charge is -2.00. The second kappa shape index (κ2) is 6.14. The highest BCUT2D eigenvalue weighted by Gasteiger charge is 2.09. The van der Waals surface area contributed by atoms with Gasteiger partial charge in [-0.1, -0.05) is 60.7 Å². The van der Waals surface area contributed by atoms with Crippen LogP contribution < -0.4 is 0 Å². The summed E-state index contributed by atoms with van der Waals surface area (Å²) in [5, 5.41) is 8.86. The molecule has 0 unspecified atom stereocenters. The predicted molar refractivity (Wildman–Crippen MR) is 88.3 cm³/mol. The van der Waals surface area contributed by atoms with Gasteiger partial charge in [-0.15, -0.1) is 0 Å². The molecule has 1 heterocycles. The van der Waals surface area contributed by atoms with Gasteiger partial charge in [0.2, 0.25) is 0 Å². The van der Waals surface area contributed by atoms with Crippen LogP contribution in [0.3, 0.4) is 0 Å². The summed E-state index contributed by atoms with van der Waals surface area (Å²) in [6.07, 6.45) is 2.78. The van der Waals surface area contributed by atoms with E-state index < -0.39 is 5.97 Å². The average Bonchev–Trinajstić information content (AvgIpc) is 2.99. The third-order valence-electron chi connectivity index (χ3n) is 3.40. The van der Waals surface area contributed by atoms with E-state index in [0.29, 0.717) is 0 Å². The fraction of sp³-hybridized carbons (Fsp3) is 0. The summed E-state index contributed by atoms with van der Waals surface area (Å²) in [5.74, 6) is -0.957. The molecular formula is C19H15NO2. The molecule has 0 atom stereocenters. The van der Waals surface area contributed by atoms with Crippen LogP contribution in [0.2, 0.25) is 0 Å². The van der Waals surface area contributed by atoms with Gasteiger partial charge >= 0.3 is 5.97 Å². The lowest BCUT2D eigenvalue weighted by molar-refractivity contribution is -0.131. The Kier molecular flexibility index (Phi) is 3.88. The van der Waals surface area contributed by atoms with Crippen molar-refractivity contribution in [2.45, 2.75) is 0 Å². The smallest absolute Gasteiger partial charge is 0.328 e. The molecule has 108 valence electrons. The van der Waals surface area contributed by atoms with Gasteiger partial charge in [-0.25, -0.2) is 4.79 Å². The number of aromatic amines is 1. The first-order valence-electron chi connectivity index (χ1n) is 6.99. The fourth-order valence-electron chi connectivity index (χ4n) is 2.38. The van der Waals surface area contributed by atoms with Crippen LogP contribution >= 0.6 is 0 Å². The fourth-order valence-corrected chi connectivity index (χ4v) is 2.38. The number of nitrogens with one attached hydrogen (secondary N) is 1. The minimum Gasteiger partial charge on any atom is -0.478 e. The second-order valence-electron chi connectivity index (χ2n) is 4.92. The molecule has 0 aliphatic carbocycles. The molecule has 3 nitrogen and oxygen atoms in total. The molecule has 0 radical (unpaired) electrons. The molecule has 0 aliphatic heterocycles. The quantitative estimate of drug-likeness (QED) is 0.697. The Balaban J connectivity index is 2.11. The van der Waals surface area contributed by atoms with E-state index in [1.165, 1.54) is 0 Å². The minimum absolute atomic E-state index is 0.854. The van der Waals surface area contributed by atoms with E-state index >= 15 is 0 Å². The number of benzene rings is 2. The van der Waals surface area contributed by atoms with E-state index in [4.69, 9.17) is 5.11 Å². The van der Waals surface area contributed by atoms with Gasteiger partial charge in [0.1, 0.15) is 0 Å².